The Kier molecular flexibility index (Phi) is 3.47. The number of aromatic nitrogens is 3. The summed E-state index contributed by atoms with van der Waals surface area (Å²) in [5.41, 5.74) is 7.19. The van der Waals surface area contributed by atoms with E-state index in [2.05, 4.69) is 10.1 Å². The van der Waals surface area contributed by atoms with Gasteiger partial charge in [-0.3, -0.25) is 9.78 Å². The lowest BCUT2D eigenvalue weighted by molar-refractivity contribution is 0.0703. The molecular weight excluding hydrogens is 254 g/mol. The fraction of sp³-hybridized carbons (Fsp3) is 0.357. The van der Waals surface area contributed by atoms with Gasteiger partial charge in [0.2, 0.25) is 0 Å². The van der Waals surface area contributed by atoms with E-state index in [1.54, 1.807) is 28.0 Å². The number of nitrogens with two attached hydrogens (primary N) is 1. The van der Waals surface area contributed by atoms with Gasteiger partial charge in [0, 0.05) is 37.7 Å². The molecule has 1 amide bonds. The molecule has 1 fully saturated rings. The molecule has 20 heavy (non-hydrogen) atoms. The van der Waals surface area contributed by atoms with Crippen LogP contribution >= 0.6 is 0 Å². The Bertz CT molecular complexity index is 595. The molecule has 1 aliphatic heterocycles. The Morgan fingerprint density at radius 2 is 2.30 bits per heavy atom. The molecule has 1 aliphatic rings. The standard InChI is InChI=1S/C14H17N5O/c15-11-3-1-7-18(10-11)14(20)13-9-12(4-6-16-13)19-8-2-5-17-19/h2,4-6,8-9,11H,1,3,7,10,15H2/t11-/m1/s1. The number of pyridine rings is 1. The van der Waals surface area contributed by atoms with Crippen molar-refractivity contribution in [2.45, 2.75) is 18.9 Å². The second kappa shape index (κ2) is 5.42. The molecule has 0 saturated carbocycles. The molecule has 6 nitrogen and oxygen atoms in total. The van der Waals surface area contributed by atoms with Crippen LogP contribution in [0.3, 0.4) is 0 Å². The van der Waals surface area contributed by atoms with Crippen molar-refractivity contribution in [1.29, 1.82) is 0 Å². The van der Waals surface area contributed by atoms with Crippen molar-refractivity contribution in [3.05, 3.63) is 42.5 Å². The van der Waals surface area contributed by atoms with E-state index in [9.17, 15) is 4.79 Å². The highest BCUT2D eigenvalue weighted by Crippen LogP contribution is 2.13. The van der Waals surface area contributed by atoms with Crippen LogP contribution in [-0.4, -0.2) is 44.7 Å². The van der Waals surface area contributed by atoms with Crippen LogP contribution in [0.2, 0.25) is 0 Å². The first kappa shape index (κ1) is 12.8. The van der Waals surface area contributed by atoms with Gasteiger partial charge < -0.3 is 10.6 Å². The number of nitrogens with zero attached hydrogens (tertiary/aromatic N) is 4. The molecule has 0 aliphatic carbocycles. The maximum absolute atomic E-state index is 12.4. The fourth-order valence-corrected chi connectivity index (χ4v) is 2.46. The average Bonchev–Trinajstić information content (AvgIpc) is 3.01. The summed E-state index contributed by atoms with van der Waals surface area (Å²) in [4.78, 5) is 18.4. The fourth-order valence-electron chi connectivity index (χ4n) is 2.46. The Morgan fingerprint density at radius 3 is 3.05 bits per heavy atom. The number of hydrogen-bond acceptors (Lipinski definition) is 4. The molecule has 0 aromatic carbocycles. The minimum Gasteiger partial charge on any atom is -0.336 e. The molecule has 1 saturated heterocycles. The van der Waals surface area contributed by atoms with Gasteiger partial charge in [-0.25, -0.2) is 4.68 Å². The molecule has 2 N–H and O–H groups in total. The number of carbonyl (C=O) groups excluding carboxylic acids is 1. The first-order chi connectivity index (χ1) is 9.74. The van der Waals surface area contributed by atoms with Crippen molar-refractivity contribution in [1.82, 2.24) is 19.7 Å². The van der Waals surface area contributed by atoms with Gasteiger partial charge in [-0.2, -0.15) is 5.10 Å². The second-order valence-corrected chi connectivity index (χ2v) is 5.00. The summed E-state index contributed by atoms with van der Waals surface area (Å²) in [7, 11) is 0. The maximum Gasteiger partial charge on any atom is 0.272 e. The quantitative estimate of drug-likeness (QED) is 0.877. The van der Waals surface area contributed by atoms with Crippen LogP contribution in [0.25, 0.3) is 5.69 Å². The van der Waals surface area contributed by atoms with Gasteiger partial charge in [-0.15, -0.1) is 0 Å². The van der Waals surface area contributed by atoms with Crippen LogP contribution < -0.4 is 5.73 Å². The van der Waals surface area contributed by atoms with Crippen molar-refractivity contribution in [2.24, 2.45) is 5.73 Å². The minimum atomic E-state index is -0.0610. The maximum atomic E-state index is 12.4. The largest absolute Gasteiger partial charge is 0.336 e. The first-order valence-electron chi connectivity index (χ1n) is 6.75. The number of amides is 1. The number of piperidine rings is 1. The van der Waals surface area contributed by atoms with Crippen molar-refractivity contribution in [2.75, 3.05) is 13.1 Å². The molecule has 3 rings (SSSR count). The van der Waals surface area contributed by atoms with Crippen molar-refractivity contribution < 1.29 is 4.79 Å². The molecule has 0 bridgehead atoms. The summed E-state index contributed by atoms with van der Waals surface area (Å²) >= 11 is 0. The predicted octanol–water partition coefficient (Wildman–Crippen LogP) is 0.831. The number of hydrogen-bond donors (Lipinski definition) is 1. The SMILES string of the molecule is N[C@@H]1CCCN(C(=O)c2cc(-n3cccn3)ccn2)C1. The van der Waals surface area contributed by atoms with Crippen LogP contribution in [0.1, 0.15) is 23.3 Å². The molecule has 1 atom stereocenters. The third kappa shape index (κ3) is 2.55. The molecule has 3 heterocycles. The topological polar surface area (TPSA) is 77.0 Å². The van der Waals surface area contributed by atoms with Crippen LogP contribution in [-0.2, 0) is 0 Å². The summed E-state index contributed by atoms with van der Waals surface area (Å²) in [6, 6.07) is 5.49. The van der Waals surface area contributed by atoms with Crippen LogP contribution in [0.4, 0.5) is 0 Å². The van der Waals surface area contributed by atoms with E-state index < -0.39 is 0 Å². The number of likely N-dealkylation sites (tertiary alicyclic amines) is 1. The second-order valence-electron chi connectivity index (χ2n) is 5.00. The number of rotatable bonds is 2. The zero-order chi connectivity index (χ0) is 13.9. The highest BCUT2D eigenvalue weighted by molar-refractivity contribution is 5.92. The van der Waals surface area contributed by atoms with E-state index in [0.29, 0.717) is 12.2 Å². The van der Waals surface area contributed by atoms with Gasteiger partial charge in [-0.05, 0) is 31.0 Å². The monoisotopic (exact) mass is 271 g/mol. The van der Waals surface area contributed by atoms with Crippen LogP contribution in [0, 0.1) is 0 Å². The average molecular weight is 271 g/mol. The zero-order valence-electron chi connectivity index (χ0n) is 11.1. The molecular formula is C14H17N5O. The highest BCUT2D eigenvalue weighted by atomic mass is 16.2. The van der Waals surface area contributed by atoms with Gasteiger partial charge >= 0.3 is 0 Å². The highest BCUT2D eigenvalue weighted by Gasteiger charge is 2.23. The molecule has 6 heteroatoms. The summed E-state index contributed by atoms with van der Waals surface area (Å²) in [5, 5.41) is 4.16. The Morgan fingerprint density at radius 1 is 1.40 bits per heavy atom. The van der Waals surface area contributed by atoms with Crippen molar-refractivity contribution in [3.63, 3.8) is 0 Å². The third-order valence-corrected chi connectivity index (χ3v) is 3.48. The molecule has 2 aromatic heterocycles. The van der Waals surface area contributed by atoms with Gasteiger partial charge in [-0.1, -0.05) is 0 Å². The van der Waals surface area contributed by atoms with E-state index in [4.69, 9.17) is 5.73 Å². The summed E-state index contributed by atoms with van der Waals surface area (Å²) in [6.07, 6.45) is 7.09. The van der Waals surface area contributed by atoms with Gasteiger partial charge in [0.25, 0.3) is 5.91 Å². The summed E-state index contributed by atoms with van der Waals surface area (Å²) < 4.78 is 1.71. The van der Waals surface area contributed by atoms with Crippen LogP contribution in [0.5, 0.6) is 0 Å². The Balaban J connectivity index is 1.83. The first-order valence-corrected chi connectivity index (χ1v) is 6.75. The molecule has 0 spiro atoms. The number of carbonyl (C=O) groups is 1. The van der Waals surface area contributed by atoms with Gasteiger partial charge in [0.1, 0.15) is 5.69 Å². The molecule has 2 aromatic rings. The lowest BCUT2D eigenvalue weighted by Gasteiger charge is -2.30. The van der Waals surface area contributed by atoms with Crippen LogP contribution in [0.15, 0.2) is 36.8 Å². The summed E-state index contributed by atoms with van der Waals surface area (Å²) in [6.45, 7) is 1.35. The lowest BCUT2D eigenvalue weighted by Crippen LogP contribution is -2.45. The van der Waals surface area contributed by atoms with Crippen molar-refractivity contribution in [3.8, 4) is 5.69 Å². The van der Waals surface area contributed by atoms with E-state index in [-0.39, 0.29) is 11.9 Å². The Labute approximate surface area is 117 Å². The molecule has 104 valence electrons. The smallest absolute Gasteiger partial charge is 0.272 e. The predicted molar refractivity (Wildman–Crippen MR) is 74.5 cm³/mol. The van der Waals surface area contributed by atoms with E-state index in [0.717, 1.165) is 25.1 Å². The van der Waals surface area contributed by atoms with E-state index in [1.165, 1.54) is 0 Å². The van der Waals surface area contributed by atoms with E-state index in [1.807, 2.05) is 18.3 Å². The Hall–Kier alpha value is -2.21. The third-order valence-electron chi connectivity index (χ3n) is 3.48. The zero-order valence-corrected chi connectivity index (χ0v) is 11.1. The molecule has 0 radical (unpaired) electrons. The lowest BCUT2D eigenvalue weighted by atomic mass is 10.1. The van der Waals surface area contributed by atoms with Gasteiger partial charge in [0.05, 0.1) is 5.69 Å². The van der Waals surface area contributed by atoms with Gasteiger partial charge in [0.15, 0.2) is 0 Å². The normalized spacial score (nSPS) is 19.1. The van der Waals surface area contributed by atoms with E-state index >= 15 is 0 Å². The van der Waals surface area contributed by atoms with Crippen molar-refractivity contribution >= 4 is 5.91 Å². The molecule has 0 unspecified atom stereocenters. The summed E-state index contributed by atoms with van der Waals surface area (Å²) in [5.74, 6) is -0.0610. The minimum absolute atomic E-state index is 0.0610.